The van der Waals surface area contributed by atoms with Crippen LogP contribution in [0.25, 0.3) is 0 Å². The maximum atomic E-state index is 12.6. The van der Waals surface area contributed by atoms with Crippen LogP contribution in [0.3, 0.4) is 0 Å². The zero-order valence-corrected chi connectivity index (χ0v) is 19.7. The van der Waals surface area contributed by atoms with Gasteiger partial charge in [0.15, 0.2) is 11.5 Å². The van der Waals surface area contributed by atoms with Gasteiger partial charge in [-0.2, -0.15) is 0 Å². The molecule has 32 heavy (non-hydrogen) atoms. The average molecular weight is 462 g/mol. The van der Waals surface area contributed by atoms with E-state index in [2.05, 4.69) is 22.3 Å². The third-order valence-corrected chi connectivity index (χ3v) is 6.63. The number of nitrogens with one attached hydrogen (secondary N) is 1. The number of rotatable bonds is 9. The molecule has 1 amide bonds. The summed E-state index contributed by atoms with van der Waals surface area (Å²) in [6, 6.07) is 12.8. The van der Waals surface area contributed by atoms with E-state index in [1.54, 1.807) is 12.1 Å². The first-order valence-corrected chi connectivity index (χ1v) is 12.5. The molecule has 2 aromatic carbocycles. The number of nitrogens with zero attached hydrogens (tertiary/aromatic N) is 2. The van der Waals surface area contributed by atoms with Gasteiger partial charge in [0.2, 0.25) is 15.9 Å². The predicted molar refractivity (Wildman–Crippen MR) is 126 cm³/mol. The molecule has 8 nitrogen and oxygen atoms in total. The number of hydrogen-bond donors (Lipinski definition) is 1. The summed E-state index contributed by atoms with van der Waals surface area (Å²) in [5, 5.41) is 2.81. The van der Waals surface area contributed by atoms with Crippen LogP contribution in [-0.4, -0.2) is 54.4 Å². The van der Waals surface area contributed by atoms with Crippen molar-refractivity contribution in [1.82, 2.24) is 5.32 Å². The number of carbonyl (C=O) groups excluding carboxylic acids is 1. The Kier molecular flexibility index (Phi) is 7.84. The smallest absolute Gasteiger partial charge is 0.241 e. The second-order valence-corrected chi connectivity index (χ2v) is 9.71. The molecule has 1 heterocycles. The number of amides is 1. The Labute approximate surface area is 190 Å². The quantitative estimate of drug-likeness (QED) is 0.618. The first kappa shape index (κ1) is 23.7. The lowest BCUT2D eigenvalue weighted by molar-refractivity contribution is -0.119. The summed E-state index contributed by atoms with van der Waals surface area (Å²) in [4.78, 5) is 14.9. The van der Waals surface area contributed by atoms with Crippen molar-refractivity contribution in [3.05, 3.63) is 48.0 Å². The van der Waals surface area contributed by atoms with Crippen LogP contribution >= 0.6 is 0 Å². The van der Waals surface area contributed by atoms with Gasteiger partial charge in [-0.05, 0) is 49.1 Å². The Morgan fingerprint density at radius 2 is 1.66 bits per heavy atom. The normalized spacial score (nSPS) is 14.0. The van der Waals surface area contributed by atoms with E-state index in [1.807, 2.05) is 12.1 Å². The van der Waals surface area contributed by atoms with Crippen molar-refractivity contribution in [3.8, 4) is 11.5 Å². The first-order chi connectivity index (χ1) is 15.3. The lowest BCUT2D eigenvalue weighted by Crippen LogP contribution is -2.40. The van der Waals surface area contributed by atoms with E-state index in [9.17, 15) is 13.2 Å². The van der Waals surface area contributed by atoms with E-state index in [0.717, 1.165) is 29.2 Å². The molecule has 174 valence electrons. The number of methoxy groups -OCH3 is 2. The summed E-state index contributed by atoms with van der Waals surface area (Å²) in [7, 11) is -0.722. The van der Waals surface area contributed by atoms with Crippen LogP contribution in [-0.2, 0) is 21.4 Å². The molecular weight excluding hydrogens is 430 g/mol. The van der Waals surface area contributed by atoms with Crippen molar-refractivity contribution in [2.45, 2.75) is 25.8 Å². The zero-order valence-electron chi connectivity index (χ0n) is 18.8. The molecule has 1 saturated heterocycles. The highest BCUT2D eigenvalue weighted by molar-refractivity contribution is 7.92. The van der Waals surface area contributed by atoms with E-state index in [4.69, 9.17) is 9.47 Å². The Morgan fingerprint density at radius 3 is 2.25 bits per heavy atom. The second kappa shape index (κ2) is 10.6. The molecule has 1 aliphatic heterocycles. The van der Waals surface area contributed by atoms with E-state index < -0.39 is 15.9 Å². The minimum absolute atomic E-state index is 0.322. The Morgan fingerprint density at radius 1 is 1.00 bits per heavy atom. The third-order valence-electron chi connectivity index (χ3n) is 5.49. The van der Waals surface area contributed by atoms with Crippen LogP contribution in [0.2, 0.25) is 0 Å². The van der Waals surface area contributed by atoms with Crippen molar-refractivity contribution >= 4 is 27.3 Å². The number of anilines is 2. The van der Waals surface area contributed by atoms with Gasteiger partial charge < -0.3 is 19.7 Å². The van der Waals surface area contributed by atoms with Gasteiger partial charge in [-0.1, -0.05) is 12.1 Å². The number of carbonyl (C=O) groups is 1. The van der Waals surface area contributed by atoms with Gasteiger partial charge in [-0.3, -0.25) is 9.10 Å². The molecule has 0 spiro atoms. The number of sulfonamides is 1. The second-order valence-electron chi connectivity index (χ2n) is 7.80. The topological polar surface area (TPSA) is 88.2 Å². The van der Waals surface area contributed by atoms with Gasteiger partial charge in [-0.15, -0.1) is 0 Å². The van der Waals surface area contributed by atoms with E-state index >= 15 is 0 Å². The summed E-state index contributed by atoms with van der Waals surface area (Å²) >= 11 is 0. The van der Waals surface area contributed by atoms with Crippen LogP contribution in [0.5, 0.6) is 11.5 Å². The number of ether oxygens (including phenoxy) is 2. The van der Waals surface area contributed by atoms with Gasteiger partial charge in [0.05, 0.1) is 26.2 Å². The average Bonchev–Trinajstić information content (AvgIpc) is 2.81. The van der Waals surface area contributed by atoms with Gasteiger partial charge in [-0.25, -0.2) is 8.42 Å². The van der Waals surface area contributed by atoms with Crippen molar-refractivity contribution in [2.24, 2.45) is 0 Å². The van der Waals surface area contributed by atoms with E-state index in [0.29, 0.717) is 23.7 Å². The standard InChI is InChI=1S/C23H31N3O5S/c1-30-21-12-11-20(15-22(21)31-2)26(32(3,28)29)17-23(27)24-16-18-7-9-19(10-8-18)25-13-5-4-6-14-25/h7-12,15H,4-6,13-14,16-17H2,1-3H3,(H,24,27). The van der Waals surface area contributed by atoms with Crippen LogP contribution in [0.15, 0.2) is 42.5 Å². The molecule has 0 unspecified atom stereocenters. The monoisotopic (exact) mass is 461 g/mol. The van der Waals surface area contributed by atoms with Crippen LogP contribution in [0.1, 0.15) is 24.8 Å². The lowest BCUT2D eigenvalue weighted by atomic mass is 10.1. The Hall–Kier alpha value is -2.94. The maximum absolute atomic E-state index is 12.6. The zero-order chi connectivity index (χ0) is 23.1. The van der Waals surface area contributed by atoms with Gasteiger partial charge >= 0.3 is 0 Å². The Balaban J connectivity index is 1.63. The fraction of sp³-hybridized carbons (Fsp3) is 0.435. The number of benzene rings is 2. The summed E-state index contributed by atoms with van der Waals surface area (Å²) < 4.78 is 36.2. The molecule has 2 aromatic rings. The number of hydrogen-bond acceptors (Lipinski definition) is 6. The molecular formula is C23H31N3O5S. The summed E-state index contributed by atoms with van der Waals surface area (Å²) in [5.41, 5.74) is 2.47. The van der Waals surface area contributed by atoms with E-state index in [1.165, 1.54) is 45.2 Å². The lowest BCUT2D eigenvalue weighted by Gasteiger charge is -2.28. The number of piperidine rings is 1. The maximum Gasteiger partial charge on any atom is 0.241 e. The third kappa shape index (κ3) is 6.06. The van der Waals surface area contributed by atoms with Crippen molar-refractivity contribution < 1.29 is 22.7 Å². The van der Waals surface area contributed by atoms with Gasteiger partial charge in [0.1, 0.15) is 6.54 Å². The molecule has 0 bridgehead atoms. The summed E-state index contributed by atoms with van der Waals surface area (Å²) in [6.07, 6.45) is 4.79. The molecule has 0 atom stereocenters. The van der Waals surface area contributed by atoms with Crippen LogP contribution in [0.4, 0.5) is 11.4 Å². The largest absolute Gasteiger partial charge is 0.493 e. The van der Waals surface area contributed by atoms with Crippen molar-refractivity contribution in [1.29, 1.82) is 0 Å². The molecule has 9 heteroatoms. The fourth-order valence-corrected chi connectivity index (χ4v) is 4.59. The highest BCUT2D eigenvalue weighted by atomic mass is 32.2. The molecule has 0 aliphatic carbocycles. The summed E-state index contributed by atoms with van der Waals surface area (Å²) in [5.74, 6) is 0.459. The Bertz CT molecular complexity index is 1020. The van der Waals surface area contributed by atoms with E-state index in [-0.39, 0.29) is 6.54 Å². The highest BCUT2D eigenvalue weighted by Gasteiger charge is 2.22. The van der Waals surface area contributed by atoms with Gasteiger partial charge in [0.25, 0.3) is 0 Å². The first-order valence-electron chi connectivity index (χ1n) is 10.6. The fourth-order valence-electron chi connectivity index (χ4n) is 3.74. The summed E-state index contributed by atoms with van der Waals surface area (Å²) in [6.45, 7) is 2.14. The highest BCUT2D eigenvalue weighted by Crippen LogP contribution is 2.32. The minimum Gasteiger partial charge on any atom is -0.493 e. The molecule has 1 aliphatic rings. The minimum atomic E-state index is -3.69. The van der Waals surface area contributed by atoms with Crippen LogP contribution in [0, 0.1) is 0 Å². The molecule has 0 radical (unpaired) electrons. The molecule has 3 rings (SSSR count). The van der Waals surface area contributed by atoms with Crippen molar-refractivity contribution in [3.63, 3.8) is 0 Å². The predicted octanol–water partition coefficient (Wildman–Crippen LogP) is 2.78. The van der Waals surface area contributed by atoms with Crippen molar-refractivity contribution in [2.75, 3.05) is 49.3 Å². The van der Waals surface area contributed by atoms with Crippen LogP contribution < -0.4 is 24.0 Å². The SMILES string of the molecule is COc1ccc(N(CC(=O)NCc2ccc(N3CCCCC3)cc2)S(C)(=O)=O)cc1OC. The molecule has 1 N–H and O–H groups in total. The molecule has 0 saturated carbocycles. The molecule has 1 fully saturated rings. The molecule has 0 aromatic heterocycles. The van der Waals surface area contributed by atoms with Gasteiger partial charge in [0, 0.05) is 31.4 Å².